The molecule has 1 aromatic rings. The number of hydrogen-bond acceptors (Lipinski definition) is 2. The van der Waals surface area contributed by atoms with Gasteiger partial charge in [0.25, 0.3) is 6.43 Å². The fourth-order valence-corrected chi connectivity index (χ4v) is 1.64. The summed E-state index contributed by atoms with van der Waals surface area (Å²) in [6.07, 6.45) is -1.91. The molecular formula is C7H3ClF2INO2. The van der Waals surface area contributed by atoms with E-state index in [1.54, 1.807) is 22.6 Å². The van der Waals surface area contributed by atoms with E-state index in [9.17, 15) is 13.6 Å². The summed E-state index contributed by atoms with van der Waals surface area (Å²) in [6, 6.07) is 0. The Kier molecular flexibility index (Phi) is 3.59. The number of carbonyl (C=O) groups is 1. The maximum Gasteiger partial charge on any atom is 0.338 e. The molecule has 0 saturated carbocycles. The Morgan fingerprint density at radius 3 is 2.64 bits per heavy atom. The van der Waals surface area contributed by atoms with Gasteiger partial charge in [0.05, 0.1) is 5.02 Å². The molecule has 0 bridgehead atoms. The van der Waals surface area contributed by atoms with E-state index >= 15 is 0 Å². The molecule has 3 nitrogen and oxygen atoms in total. The zero-order chi connectivity index (χ0) is 10.9. The zero-order valence-electron chi connectivity index (χ0n) is 6.47. The molecule has 0 aliphatic heterocycles. The monoisotopic (exact) mass is 333 g/mol. The van der Waals surface area contributed by atoms with Crippen LogP contribution in [0.25, 0.3) is 0 Å². The molecule has 0 unspecified atom stereocenters. The summed E-state index contributed by atoms with van der Waals surface area (Å²) in [6.45, 7) is 0. The molecule has 0 radical (unpaired) electrons. The maximum atomic E-state index is 12.3. The Labute approximate surface area is 96.2 Å². The highest BCUT2D eigenvalue weighted by Gasteiger charge is 2.23. The Hall–Kier alpha value is -0.500. The summed E-state index contributed by atoms with van der Waals surface area (Å²) in [5, 5.41) is 8.73. The molecule has 76 valence electrons. The SMILES string of the molecule is O=C(O)c1c(C(F)F)ncc(Cl)c1I. The van der Waals surface area contributed by atoms with Gasteiger partial charge in [0.15, 0.2) is 0 Å². The van der Waals surface area contributed by atoms with E-state index in [2.05, 4.69) is 4.98 Å². The standard InChI is InChI=1S/C7H3ClF2INO2/c8-2-1-12-5(6(9)10)3(4(2)11)7(13)14/h1,6H,(H,13,14). The van der Waals surface area contributed by atoms with Crippen molar-refractivity contribution < 1.29 is 18.7 Å². The highest BCUT2D eigenvalue weighted by atomic mass is 127. The summed E-state index contributed by atoms with van der Waals surface area (Å²) >= 11 is 7.15. The van der Waals surface area contributed by atoms with E-state index in [0.717, 1.165) is 6.20 Å². The quantitative estimate of drug-likeness (QED) is 0.847. The van der Waals surface area contributed by atoms with Gasteiger partial charge >= 0.3 is 5.97 Å². The molecule has 0 aliphatic carbocycles. The van der Waals surface area contributed by atoms with Crippen LogP contribution in [0.4, 0.5) is 8.78 Å². The third kappa shape index (κ3) is 2.11. The van der Waals surface area contributed by atoms with Crippen LogP contribution in [0.2, 0.25) is 5.02 Å². The summed E-state index contributed by atoms with van der Waals surface area (Å²) in [4.78, 5) is 14.0. The first-order valence-corrected chi connectivity index (χ1v) is 4.76. The van der Waals surface area contributed by atoms with Crippen molar-refractivity contribution in [3.63, 3.8) is 0 Å². The summed E-state index contributed by atoms with van der Waals surface area (Å²) in [7, 11) is 0. The van der Waals surface area contributed by atoms with Crippen molar-refractivity contribution in [3.05, 3.63) is 26.0 Å². The van der Waals surface area contributed by atoms with Crippen LogP contribution >= 0.6 is 34.2 Å². The predicted molar refractivity (Wildman–Crippen MR) is 53.9 cm³/mol. The predicted octanol–water partition coefficient (Wildman–Crippen LogP) is 2.98. The highest BCUT2D eigenvalue weighted by molar-refractivity contribution is 14.1. The fraction of sp³-hybridized carbons (Fsp3) is 0.143. The van der Waals surface area contributed by atoms with Crippen molar-refractivity contribution in [2.45, 2.75) is 6.43 Å². The molecule has 0 fully saturated rings. The van der Waals surface area contributed by atoms with Crippen molar-refractivity contribution >= 4 is 40.2 Å². The van der Waals surface area contributed by atoms with Crippen LogP contribution in [-0.2, 0) is 0 Å². The lowest BCUT2D eigenvalue weighted by Gasteiger charge is -2.06. The molecule has 14 heavy (non-hydrogen) atoms. The Morgan fingerprint density at radius 2 is 2.21 bits per heavy atom. The molecule has 1 rings (SSSR count). The largest absolute Gasteiger partial charge is 0.478 e. The number of hydrogen-bond donors (Lipinski definition) is 1. The van der Waals surface area contributed by atoms with Crippen molar-refractivity contribution in [2.75, 3.05) is 0 Å². The van der Waals surface area contributed by atoms with Crippen LogP contribution < -0.4 is 0 Å². The van der Waals surface area contributed by atoms with Gasteiger partial charge < -0.3 is 5.11 Å². The van der Waals surface area contributed by atoms with Crippen molar-refractivity contribution in [3.8, 4) is 0 Å². The van der Waals surface area contributed by atoms with E-state index in [1.165, 1.54) is 0 Å². The zero-order valence-corrected chi connectivity index (χ0v) is 9.38. The van der Waals surface area contributed by atoms with Gasteiger partial charge in [0.1, 0.15) is 11.3 Å². The number of rotatable bonds is 2. The Morgan fingerprint density at radius 1 is 1.64 bits per heavy atom. The molecule has 0 amide bonds. The van der Waals surface area contributed by atoms with Crippen molar-refractivity contribution in [1.29, 1.82) is 0 Å². The van der Waals surface area contributed by atoms with Gasteiger partial charge in [-0.15, -0.1) is 0 Å². The normalized spacial score (nSPS) is 10.6. The van der Waals surface area contributed by atoms with Crippen molar-refractivity contribution in [2.24, 2.45) is 0 Å². The van der Waals surface area contributed by atoms with Gasteiger partial charge in [-0.3, -0.25) is 4.98 Å². The second-order valence-electron chi connectivity index (χ2n) is 2.29. The number of carboxylic acids is 1. The van der Waals surface area contributed by atoms with E-state index in [0.29, 0.717) is 0 Å². The van der Waals surface area contributed by atoms with Gasteiger partial charge in [-0.2, -0.15) is 0 Å². The molecule has 1 aromatic heterocycles. The van der Waals surface area contributed by atoms with Gasteiger partial charge in [-0.1, -0.05) is 11.6 Å². The van der Waals surface area contributed by atoms with Gasteiger partial charge in [-0.25, -0.2) is 13.6 Å². The molecule has 0 saturated heterocycles. The van der Waals surface area contributed by atoms with E-state index in [4.69, 9.17) is 16.7 Å². The first-order valence-electron chi connectivity index (χ1n) is 3.30. The number of aromatic nitrogens is 1. The van der Waals surface area contributed by atoms with Crippen LogP contribution in [0, 0.1) is 3.57 Å². The topological polar surface area (TPSA) is 50.2 Å². The minimum atomic E-state index is -2.92. The molecular weight excluding hydrogens is 330 g/mol. The van der Waals surface area contributed by atoms with Crippen LogP contribution in [0.15, 0.2) is 6.20 Å². The minimum absolute atomic E-state index is 0.0485. The van der Waals surface area contributed by atoms with Gasteiger partial charge in [-0.05, 0) is 22.6 Å². The van der Waals surface area contributed by atoms with E-state index in [1.807, 2.05) is 0 Å². The maximum absolute atomic E-state index is 12.3. The average molecular weight is 333 g/mol. The van der Waals surface area contributed by atoms with Crippen LogP contribution in [0.3, 0.4) is 0 Å². The Bertz CT molecular complexity index is 386. The minimum Gasteiger partial charge on any atom is -0.478 e. The number of halogens is 4. The number of nitrogens with zero attached hydrogens (tertiary/aromatic N) is 1. The van der Waals surface area contributed by atoms with Crippen LogP contribution in [0.5, 0.6) is 0 Å². The lowest BCUT2D eigenvalue weighted by atomic mass is 10.2. The van der Waals surface area contributed by atoms with Gasteiger partial charge in [0.2, 0.25) is 0 Å². The van der Waals surface area contributed by atoms with Gasteiger partial charge in [0, 0.05) is 9.77 Å². The lowest BCUT2D eigenvalue weighted by Crippen LogP contribution is -2.08. The molecule has 0 atom stereocenters. The second kappa shape index (κ2) is 4.35. The molecule has 7 heteroatoms. The molecule has 1 heterocycles. The first kappa shape index (κ1) is 11.6. The first-order chi connectivity index (χ1) is 6.45. The summed E-state index contributed by atoms with van der Waals surface area (Å²) < 4.78 is 24.7. The third-order valence-electron chi connectivity index (χ3n) is 1.42. The van der Waals surface area contributed by atoms with E-state index < -0.39 is 23.7 Å². The number of pyridine rings is 1. The second-order valence-corrected chi connectivity index (χ2v) is 3.77. The molecule has 1 N–H and O–H groups in total. The summed E-state index contributed by atoms with van der Waals surface area (Å²) in [5.74, 6) is -1.46. The van der Waals surface area contributed by atoms with Crippen LogP contribution in [-0.4, -0.2) is 16.1 Å². The highest BCUT2D eigenvalue weighted by Crippen LogP contribution is 2.28. The summed E-state index contributed by atoms with van der Waals surface area (Å²) in [5.41, 5.74) is -1.29. The number of alkyl halides is 2. The van der Waals surface area contributed by atoms with E-state index in [-0.39, 0.29) is 8.59 Å². The fourth-order valence-electron chi connectivity index (χ4n) is 0.848. The average Bonchev–Trinajstić information content (AvgIpc) is 2.08. The molecule has 0 aromatic carbocycles. The lowest BCUT2D eigenvalue weighted by molar-refractivity contribution is 0.0681. The molecule has 0 spiro atoms. The third-order valence-corrected chi connectivity index (χ3v) is 3.15. The molecule has 0 aliphatic rings. The van der Waals surface area contributed by atoms with Crippen LogP contribution in [0.1, 0.15) is 22.5 Å². The Balaban J connectivity index is 3.45. The number of carboxylic acid groups (broad SMARTS) is 1. The number of aromatic carboxylic acids is 1. The van der Waals surface area contributed by atoms with Crippen molar-refractivity contribution in [1.82, 2.24) is 4.98 Å². The smallest absolute Gasteiger partial charge is 0.338 e.